The van der Waals surface area contributed by atoms with Crippen LogP contribution < -0.4 is 0 Å². The van der Waals surface area contributed by atoms with Crippen LogP contribution in [0.2, 0.25) is 0 Å². The normalized spacial score (nSPS) is 18.8. The molecule has 0 unspecified atom stereocenters. The van der Waals surface area contributed by atoms with Crippen LogP contribution in [0.15, 0.2) is 34.8 Å². The van der Waals surface area contributed by atoms with Gasteiger partial charge in [-0.3, -0.25) is 0 Å². The Morgan fingerprint density at radius 1 is 1.30 bits per heavy atom. The molecule has 0 bridgehead atoms. The third-order valence-corrected chi connectivity index (χ3v) is 1.75. The first kappa shape index (κ1) is 7.39. The van der Waals surface area contributed by atoms with Crippen LogP contribution in [0.1, 0.15) is 20.3 Å². The van der Waals surface area contributed by atoms with Crippen LogP contribution in [0.4, 0.5) is 0 Å². The molecule has 50 valence electrons. The summed E-state index contributed by atoms with van der Waals surface area (Å²) in [7, 11) is 5.70. The molecule has 0 N–H and O–H groups in total. The largest absolute Gasteiger partial charge is 0.113 e. The maximum absolute atomic E-state index is 5.70. The van der Waals surface area contributed by atoms with Gasteiger partial charge in [0.05, 0.1) is 0 Å². The molecular formula is C9H11B. The van der Waals surface area contributed by atoms with Crippen molar-refractivity contribution in [3.63, 3.8) is 0 Å². The first-order valence-corrected chi connectivity index (χ1v) is 3.50. The predicted molar refractivity (Wildman–Crippen MR) is 46.0 cm³/mol. The van der Waals surface area contributed by atoms with Crippen molar-refractivity contribution < 1.29 is 0 Å². The summed E-state index contributed by atoms with van der Waals surface area (Å²) in [5.41, 5.74) is 3.46. The van der Waals surface area contributed by atoms with Crippen molar-refractivity contribution in [3.8, 4) is 0 Å². The fraction of sp³-hybridized carbons (Fsp3) is 0.333. The van der Waals surface area contributed by atoms with Crippen LogP contribution in [0, 0.1) is 0 Å². The van der Waals surface area contributed by atoms with E-state index in [4.69, 9.17) is 7.85 Å². The molecule has 1 aliphatic rings. The second-order valence-corrected chi connectivity index (χ2v) is 2.72. The highest BCUT2D eigenvalue weighted by Gasteiger charge is 1.95. The van der Waals surface area contributed by atoms with Crippen molar-refractivity contribution in [3.05, 3.63) is 34.8 Å². The Hall–Kier alpha value is -0.715. The molecule has 0 aromatic rings. The van der Waals surface area contributed by atoms with Crippen LogP contribution in [0.5, 0.6) is 0 Å². The maximum atomic E-state index is 5.70. The van der Waals surface area contributed by atoms with E-state index in [0.717, 1.165) is 11.9 Å². The lowest BCUT2D eigenvalue weighted by molar-refractivity contribution is 1.19. The molecule has 0 saturated carbocycles. The van der Waals surface area contributed by atoms with Crippen molar-refractivity contribution in [1.29, 1.82) is 0 Å². The number of rotatable bonds is 0. The van der Waals surface area contributed by atoms with Gasteiger partial charge in [0.15, 0.2) is 0 Å². The van der Waals surface area contributed by atoms with Crippen molar-refractivity contribution in [2.75, 3.05) is 0 Å². The molecule has 0 spiro atoms. The van der Waals surface area contributed by atoms with Gasteiger partial charge in [-0.1, -0.05) is 34.8 Å². The minimum absolute atomic E-state index is 0.910. The SMILES string of the molecule is [B]C1=C(C)CC=C(C)C=C1. The molecule has 0 fully saturated rings. The van der Waals surface area contributed by atoms with Gasteiger partial charge in [0.1, 0.15) is 7.85 Å². The minimum Gasteiger partial charge on any atom is -0.0974 e. The van der Waals surface area contributed by atoms with E-state index in [1.807, 2.05) is 12.2 Å². The summed E-state index contributed by atoms with van der Waals surface area (Å²) in [4.78, 5) is 0. The highest BCUT2D eigenvalue weighted by atomic mass is 14.0. The first-order valence-electron chi connectivity index (χ1n) is 3.50. The lowest BCUT2D eigenvalue weighted by Gasteiger charge is -1.96. The number of hydrogen-bond acceptors (Lipinski definition) is 0. The second kappa shape index (κ2) is 2.91. The van der Waals surface area contributed by atoms with Crippen LogP contribution >= 0.6 is 0 Å². The van der Waals surface area contributed by atoms with Crippen molar-refractivity contribution in [1.82, 2.24) is 0 Å². The van der Waals surface area contributed by atoms with Gasteiger partial charge < -0.3 is 0 Å². The van der Waals surface area contributed by atoms with E-state index in [1.165, 1.54) is 11.1 Å². The van der Waals surface area contributed by atoms with E-state index < -0.39 is 0 Å². The molecule has 1 rings (SSSR count). The third-order valence-electron chi connectivity index (χ3n) is 1.75. The smallest absolute Gasteiger partial charge is 0.0974 e. The highest BCUT2D eigenvalue weighted by Crippen LogP contribution is 2.14. The summed E-state index contributed by atoms with van der Waals surface area (Å²) >= 11 is 0. The predicted octanol–water partition coefficient (Wildman–Crippen LogP) is 2.34. The monoisotopic (exact) mass is 130 g/mol. The van der Waals surface area contributed by atoms with E-state index in [9.17, 15) is 0 Å². The molecule has 0 aromatic heterocycles. The Labute approximate surface area is 63.7 Å². The van der Waals surface area contributed by atoms with Crippen LogP contribution in [0.3, 0.4) is 0 Å². The summed E-state index contributed by atoms with van der Waals surface area (Å²) in [5, 5.41) is 0. The standard InChI is InChI=1S/C9H11B/c1-7-3-5-8(2)9(10)6-4-7/h3-4,6H,5H2,1-2H3. The molecule has 1 aliphatic carbocycles. The van der Waals surface area contributed by atoms with Crippen LogP contribution in [-0.2, 0) is 0 Å². The molecular weight excluding hydrogens is 119 g/mol. The molecule has 2 radical (unpaired) electrons. The minimum atomic E-state index is 0.910. The summed E-state index contributed by atoms with van der Waals surface area (Å²) in [5.74, 6) is 0. The van der Waals surface area contributed by atoms with Gasteiger partial charge in [0.25, 0.3) is 0 Å². The molecule has 0 aromatic carbocycles. The molecule has 10 heavy (non-hydrogen) atoms. The zero-order valence-electron chi connectivity index (χ0n) is 6.52. The Bertz CT molecular complexity index is 219. The molecule has 0 nitrogen and oxygen atoms in total. The summed E-state index contributed by atoms with van der Waals surface area (Å²) in [6, 6.07) is 0. The van der Waals surface area contributed by atoms with Crippen LogP contribution in [-0.4, -0.2) is 7.85 Å². The maximum Gasteiger partial charge on any atom is 0.113 e. The van der Waals surface area contributed by atoms with Crippen molar-refractivity contribution in [2.45, 2.75) is 20.3 Å². The zero-order chi connectivity index (χ0) is 7.56. The topological polar surface area (TPSA) is 0 Å². The highest BCUT2D eigenvalue weighted by molar-refractivity contribution is 6.23. The first-order chi connectivity index (χ1) is 4.70. The Kier molecular flexibility index (Phi) is 2.15. The van der Waals surface area contributed by atoms with Gasteiger partial charge in [0, 0.05) is 0 Å². The molecule has 1 heteroatoms. The number of allylic oxidation sites excluding steroid dienone is 6. The van der Waals surface area contributed by atoms with E-state index in [-0.39, 0.29) is 0 Å². The molecule has 0 aliphatic heterocycles. The third kappa shape index (κ3) is 1.63. The van der Waals surface area contributed by atoms with Crippen molar-refractivity contribution >= 4 is 7.85 Å². The van der Waals surface area contributed by atoms with Gasteiger partial charge in [-0.15, -0.1) is 0 Å². The van der Waals surface area contributed by atoms with Gasteiger partial charge in [0.2, 0.25) is 0 Å². The van der Waals surface area contributed by atoms with E-state index in [2.05, 4.69) is 19.9 Å². The Balaban J connectivity index is 2.89. The summed E-state index contributed by atoms with van der Waals surface area (Å²) in [6.45, 7) is 4.15. The summed E-state index contributed by atoms with van der Waals surface area (Å²) in [6.07, 6.45) is 7.19. The van der Waals surface area contributed by atoms with Gasteiger partial charge >= 0.3 is 0 Å². The number of hydrogen-bond donors (Lipinski definition) is 0. The van der Waals surface area contributed by atoms with Crippen molar-refractivity contribution in [2.24, 2.45) is 0 Å². The Morgan fingerprint density at radius 3 is 2.70 bits per heavy atom. The quantitative estimate of drug-likeness (QED) is 0.441. The van der Waals surface area contributed by atoms with Gasteiger partial charge in [-0.25, -0.2) is 0 Å². The molecule has 0 heterocycles. The average molecular weight is 130 g/mol. The van der Waals surface area contributed by atoms with Gasteiger partial charge in [-0.05, 0) is 20.3 Å². The average Bonchev–Trinajstić information content (AvgIpc) is 2.04. The van der Waals surface area contributed by atoms with Gasteiger partial charge in [-0.2, -0.15) is 0 Å². The second-order valence-electron chi connectivity index (χ2n) is 2.72. The molecule has 0 atom stereocenters. The fourth-order valence-electron chi connectivity index (χ4n) is 0.863. The lowest BCUT2D eigenvalue weighted by Crippen LogP contribution is -1.80. The van der Waals surface area contributed by atoms with E-state index in [0.29, 0.717) is 0 Å². The van der Waals surface area contributed by atoms with E-state index in [1.54, 1.807) is 0 Å². The fourth-order valence-corrected chi connectivity index (χ4v) is 0.863. The lowest BCUT2D eigenvalue weighted by atomic mass is 9.90. The molecule has 0 saturated heterocycles. The van der Waals surface area contributed by atoms with Crippen LogP contribution in [0.25, 0.3) is 0 Å². The summed E-state index contributed by atoms with van der Waals surface area (Å²) < 4.78 is 0. The Morgan fingerprint density at radius 2 is 2.00 bits per heavy atom. The zero-order valence-corrected chi connectivity index (χ0v) is 6.52. The molecule has 0 amide bonds. The van der Waals surface area contributed by atoms with E-state index >= 15 is 0 Å².